The van der Waals surface area contributed by atoms with Crippen LogP contribution in [0.5, 0.6) is 0 Å². The number of nitrogens with one attached hydrogen (secondary N) is 2. The average Bonchev–Trinajstić information content (AvgIpc) is 3.41. The van der Waals surface area contributed by atoms with Crippen LogP contribution in [0.2, 0.25) is 0 Å². The molecule has 0 spiro atoms. The van der Waals surface area contributed by atoms with Crippen LogP contribution in [0.15, 0.2) is 47.8 Å². The molecule has 8 nitrogen and oxygen atoms in total. The van der Waals surface area contributed by atoms with Crippen LogP contribution in [-0.4, -0.2) is 41.5 Å². The van der Waals surface area contributed by atoms with Crippen LogP contribution < -0.4 is 10.6 Å². The van der Waals surface area contributed by atoms with Gasteiger partial charge in [0.25, 0.3) is 5.91 Å². The van der Waals surface area contributed by atoms with Crippen LogP contribution in [0.25, 0.3) is 10.6 Å². The van der Waals surface area contributed by atoms with Crippen molar-refractivity contribution < 1.29 is 18.0 Å². The molecule has 1 aliphatic rings. The van der Waals surface area contributed by atoms with Gasteiger partial charge in [-0.2, -0.15) is 5.10 Å². The molecule has 10 heteroatoms. The molecule has 1 atom stereocenters. The highest BCUT2D eigenvalue weighted by atomic mass is 32.2. The van der Waals surface area contributed by atoms with Gasteiger partial charge in [0.1, 0.15) is 0 Å². The number of sulfone groups is 1. The van der Waals surface area contributed by atoms with Crippen molar-refractivity contribution in [1.29, 1.82) is 0 Å². The van der Waals surface area contributed by atoms with E-state index in [-0.39, 0.29) is 35.1 Å². The van der Waals surface area contributed by atoms with Crippen LogP contribution in [0.3, 0.4) is 0 Å². The number of thiophene rings is 1. The highest BCUT2D eigenvalue weighted by Gasteiger charge is 2.32. The van der Waals surface area contributed by atoms with Gasteiger partial charge in [-0.15, -0.1) is 11.3 Å². The molecule has 1 saturated heterocycles. The van der Waals surface area contributed by atoms with E-state index in [1.807, 2.05) is 17.5 Å². The van der Waals surface area contributed by atoms with Gasteiger partial charge in [0.15, 0.2) is 15.5 Å². The minimum absolute atomic E-state index is 0.0265. The Morgan fingerprint density at radius 1 is 1.13 bits per heavy atom. The Morgan fingerprint density at radius 3 is 2.40 bits per heavy atom. The average molecular weight is 445 g/mol. The number of anilines is 2. The number of aromatic nitrogens is 2. The fourth-order valence-electron chi connectivity index (χ4n) is 3.40. The third-order valence-electron chi connectivity index (χ3n) is 4.76. The standard InChI is InChI=1S/C20H20N4O4S2/c1-13(25)21-14-4-6-15(7-5-14)22-20(26)17-11-18(19-3-2-9-29-19)24(23-17)16-8-10-30(27,28)12-16/h2-7,9,11,16H,8,10,12H2,1H3,(H,21,25)(H,22,26)/t16-/m1/s1. The number of rotatable bonds is 5. The van der Waals surface area contributed by atoms with Crippen molar-refractivity contribution in [2.45, 2.75) is 19.4 Å². The van der Waals surface area contributed by atoms with Gasteiger partial charge in [0.2, 0.25) is 5.91 Å². The van der Waals surface area contributed by atoms with E-state index in [0.717, 1.165) is 10.6 Å². The summed E-state index contributed by atoms with van der Waals surface area (Å²) in [5.41, 5.74) is 2.14. The second-order valence-corrected chi connectivity index (χ2v) is 10.3. The van der Waals surface area contributed by atoms with Crippen LogP contribution >= 0.6 is 11.3 Å². The molecule has 0 radical (unpaired) electrons. The molecule has 3 aromatic rings. The lowest BCUT2D eigenvalue weighted by molar-refractivity contribution is -0.114. The smallest absolute Gasteiger partial charge is 0.276 e. The Morgan fingerprint density at radius 2 is 1.83 bits per heavy atom. The zero-order chi connectivity index (χ0) is 21.3. The molecule has 4 rings (SSSR count). The van der Waals surface area contributed by atoms with Crippen molar-refractivity contribution in [3.63, 3.8) is 0 Å². The molecule has 0 aliphatic carbocycles. The number of amides is 2. The fraction of sp³-hybridized carbons (Fsp3) is 0.250. The largest absolute Gasteiger partial charge is 0.326 e. The minimum atomic E-state index is -3.09. The summed E-state index contributed by atoms with van der Waals surface area (Å²) in [5.74, 6) is -0.408. The van der Waals surface area contributed by atoms with Gasteiger partial charge in [0.05, 0.1) is 28.1 Å². The van der Waals surface area contributed by atoms with E-state index < -0.39 is 9.84 Å². The molecule has 156 valence electrons. The van der Waals surface area contributed by atoms with Gasteiger partial charge < -0.3 is 10.6 Å². The number of hydrogen-bond acceptors (Lipinski definition) is 6. The van der Waals surface area contributed by atoms with Crippen LogP contribution in [-0.2, 0) is 14.6 Å². The van der Waals surface area contributed by atoms with E-state index in [4.69, 9.17) is 0 Å². The third kappa shape index (κ3) is 4.44. The zero-order valence-electron chi connectivity index (χ0n) is 16.2. The van der Waals surface area contributed by atoms with Crippen molar-refractivity contribution in [1.82, 2.24) is 9.78 Å². The molecule has 3 heterocycles. The summed E-state index contributed by atoms with van der Waals surface area (Å²) in [6, 6.07) is 12.0. The molecule has 2 N–H and O–H groups in total. The van der Waals surface area contributed by atoms with Crippen LogP contribution in [0.1, 0.15) is 29.9 Å². The van der Waals surface area contributed by atoms with E-state index in [2.05, 4.69) is 15.7 Å². The van der Waals surface area contributed by atoms with Gasteiger partial charge in [-0.3, -0.25) is 14.3 Å². The maximum Gasteiger partial charge on any atom is 0.276 e. The molecule has 1 aliphatic heterocycles. The number of nitrogens with zero attached hydrogens (tertiary/aromatic N) is 2. The molecule has 0 saturated carbocycles. The topological polar surface area (TPSA) is 110 Å². The molecular formula is C20H20N4O4S2. The minimum Gasteiger partial charge on any atom is -0.326 e. The van der Waals surface area contributed by atoms with Gasteiger partial charge in [-0.25, -0.2) is 8.42 Å². The van der Waals surface area contributed by atoms with E-state index in [9.17, 15) is 18.0 Å². The molecule has 30 heavy (non-hydrogen) atoms. The second-order valence-electron chi connectivity index (χ2n) is 7.11. The Balaban J connectivity index is 1.58. The molecule has 2 aromatic heterocycles. The summed E-state index contributed by atoms with van der Waals surface area (Å²) in [7, 11) is -3.09. The number of benzene rings is 1. The maximum atomic E-state index is 12.8. The molecule has 0 unspecified atom stereocenters. The predicted octanol–water partition coefficient (Wildman–Crippen LogP) is 3.18. The highest BCUT2D eigenvalue weighted by molar-refractivity contribution is 7.91. The first kappa shape index (κ1) is 20.3. The Labute approximate surface area is 177 Å². The summed E-state index contributed by atoms with van der Waals surface area (Å²) >= 11 is 1.51. The Kier molecular flexibility index (Phi) is 5.44. The van der Waals surface area contributed by atoms with Crippen LogP contribution in [0.4, 0.5) is 11.4 Å². The Bertz CT molecular complexity index is 1180. The summed E-state index contributed by atoms with van der Waals surface area (Å²) in [4.78, 5) is 24.8. The first-order valence-electron chi connectivity index (χ1n) is 9.33. The molecule has 2 amide bonds. The SMILES string of the molecule is CC(=O)Nc1ccc(NC(=O)c2cc(-c3cccs3)n([C@@H]3CCS(=O)(=O)C3)n2)cc1. The summed E-state index contributed by atoms with van der Waals surface area (Å²) < 4.78 is 25.6. The van der Waals surface area contributed by atoms with Crippen molar-refractivity contribution in [2.24, 2.45) is 0 Å². The van der Waals surface area contributed by atoms with E-state index >= 15 is 0 Å². The zero-order valence-corrected chi connectivity index (χ0v) is 17.8. The van der Waals surface area contributed by atoms with E-state index in [1.165, 1.54) is 18.3 Å². The monoisotopic (exact) mass is 444 g/mol. The lowest BCUT2D eigenvalue weighted by atomic mass is 10.2. The summed E-state index contributed by atoms with van der Waals surface area (Å²) in [6.07, 6.45) is 0.480. The molecule has 1 aromatic carbocycles. The number of carbonyl (C=O) groups excluding carboxylic acids is 2. The third-order valence-corrected chi connectivity index (χ3v) is 7.40. The number of hydrogen-bond donors (Lipinski definition) is 2. The van der Waals surface area contributed by atoms with Gasteiger partial charge in [-0.05, 0) is 48.2 Å². The maximum absolute atomic E-state index is 12.8. The lowest BCUT2D eigenvalue weighted by Gasteiger charge is -2.12. The number of carbonyl (C=O) groups is 2. The van der Waals surface area contributed by atoms with Gasteiger partial charge >= 0.3 is 0 Å². The van der Waals surface area contributed by atoms with Crippen molar-refractivity contribution in [3.05, 3.63) is 53.5 Å². The predicted molar refractivity (Wildman–Crippen MR) is 117 cm³/mol. The second kappa shape index (κ2) is 8.04. The van der Waals surface area contributed by atoms with Crippen molar-refractivity contribution in [3.8, 4) is 10.6 Å². The first-order chi connectivity index (χ1) is 14.3. The van der Waals surface area contributed by atoms with Crippen molar-refractivity contribution >= 4 is 44.4 Å². The molecular weight excluding hydrogens is 424 g/mol. The normalized spacial score (nSPS) is 17.6. The van der Waals surface area contributed by atoms with E-state index in [1.54, 1.807) is 35.0 Å². The molecule has 1 fully saturated rings. The molecule has 0 bridgehead atoms. The van der Waals surface area contributed by atoms with Gasteiger partial charge in [0, 0.05) is 18.3 Å². The lowest BCUT2D eigenvalue weighted by Crippen LogP contribution is -2.16. The Hall–Kier alpha value is -2.98. The fourth-order valence-corrected chi connectivity index (χ4v) is 5.82. The van der Waals surface area contributed by atoms with Gasteiger partial charge in [-0.1, -0.05) is 6.07 Å². The first-order valence-corrected chi connectivity index (χ1v) is 12.0. The van der Waals surface area contributed by atoms with E-state index in [0.29, 0.717) is 17.8 Å². The quantitative estimate of drug-likeness (QED) is 0.628. The van der Waals surface area contributed by atoms with Crippen LogP contribution in [0, 0.1) is 0 Å². The van der Waals surface area contributed by atoms with Crippen molar-refractivity contribution in [2.75, 3.05) is 22.1 Å². The highest BCUT2D eigenvalue weighted by Crippen LogP contribution is 2.32. The summed E-state index contributed by atoms with van der Waals surface area (Å²) in [5, 5.41) is 11.8. The summed E-state index contributed by atoms with van der Waals surface area (Å²) in [6.45, 7) is 1.42.